The lowest BCUT2D eigenvalue weighted by Gasteiger charge is -2.27. The summed E-state index contributed by atoms with van der Waals surface area (Å²) in [6.45, 7) is 6.18. The Hall–Kier alpha value is -0.340. The van der Waals surface area contributed by atoms with Gasteiger partial charge >= 0.3 is 0 Å². The van der Waals surface area contributed by atoms with Crippen LogP contribution in [0.15, 0.2) is 22.7 Å². The average Bonchev–Trinajstić information content (AvgIpc) is 2.65. The van der Waals surface area contributed by atoms with Crippen molar-refractivity contribution in [3.63, 3.8) is 0 Å². The molecule has 1 aliphatic heterocycles. The van der Waals surface area contributed by atoms with Gasteiger partial charge in [0.1, 0.15) is 0 Å². The van der Waals surface area contributed by atoms with Gasteiger partial charge in [-0.05, 0) is 43.0 Å². The zero-order valence-electron chi connectivity index (χ0n) is 9.35. The predicted octanol–water partition coefficient (Wildman–Crippen LogP) is 3.83. The van der Waals surface area contributed by atoms with Gasteiger partial charge in [-0.2, -0.15) is 0 Å². The number of hydrogen-bond donors (Lipinski definition) is 0. The summed E-state index contributed by atoms with van der Waals surface area (Å²) in [5.41, 5.74) is 3.00. The van der Waals surface area contributed by atoms with E-state index in [1.165, 1.54) is 15.6 Å². The highest BCUT2D eigenvalue weighted by Crippen LogP contribution is 2.37. The number of rotatable bonds is 2. The molecule has 0 bridgehead atoms. The molecule has 2 heteroatoms. The van der Waals surface area contributed by atoms with E-state index in [9.17, 15) is 0 Å². The Morgan fingerprint density at radius 1 is 1.40 bits per heavy atom. The summed E-state index contributed by atoms with van der Waals surface area (Å²) in [5.74, 6) is 0. The third-order valence-electron chi connectivity index (χ3n) is 3.43. The molecule has 1 aromatic carbocycles. The van der Waals surface area contributed by atoms with Crippen LogP contribution in [0.3, 0.4) is 0 Å². The van der Waals surface area contributed by atoms with Crippen LogP contribution in [0.1, 0.15) is 30.9 Å². The quantitative estimate of drug-likeness (QED) is 0.793. The van der Waals surface area contributed by atoms with Crippen LogP contribution in [0, 0.1) is 6.92 Å². The monoisotopic (exact) mass is 268 g/mol. The molecule has 1 saturated heterocycles. The minimum Gasteiger partial charge on any atom is -0.380 e. The molecule has 1 aliphatic rings. The maximum Gasteiger partial charge on any atom is 0.0563 e. The summed E-state index contributed by atoms with van der Waals surface area (Å²) in [7, 11) is 0. The van der Waals surface area contributed by atoms with Crippen LogP contribution in [0.2, 0.25) is 0 Å². The molecule has 1 atom stereocenters. The largest absolute Gasteiger partial charge is 0.380 e. The van der Waals surface area contributed by atoms with Gasteiger partial charge < -0.3 is 4.74 Å². The third kappa shape index (κ3) is 2.11. The first-order valence-electron chi connectivity index (χ1n) is 5.52. The molecule has 1 fully saturated rings. The molecule has 1 heterocycles. The molecule has 2 rings (SSSR count). The fourth-order valence-electron chi connectivity index (χ4n) is 2.36. The van der Waals surface area contributed by atoms with E-state index >= 15 is 0 Å². The molecule has 1 aromatic rings. The Kier molecular flexibility index (Phi) is 3.17. The SMILES string of the molecule is CCC1(c2cc(C)cc(Br)c2)CCOC1. The van der Waals surface area contributed by atoms with Crippen molar-refractivity contribution < 1.29 is 4.74 Å². The predicted molar refractivity (Wildman–Crippen MR) is 66.3 cm³/mol. The van der Waals surface area contributed by atoms with Crippen molar-refractivity contribution in [2.24, 2.45) is 0 Å². The van der Waals surface area contributed by atoms with E-state index in [0.29, 0.717) is 0 Å². The number of hydrogen-bond acceptors (Lipinski definition) is 1. The fourth-order valence-corrected chi connectivity index (χ4v) is 2.97. The summed E-state index contributed by atoms with van der Waals surface area (Å²) in [6, 6.07) is 6.69. The van der Waals surface area contributed by atoms with Gasteiger partial charge in [-0.15, -0.1) is 0 Å². The second-order valence-corrected chi connectivity index (χ2v) is 5.37. The minimum atomic E-state index is 0.258. The Bertz CT molecular complexity index is 333. The lowest BCUT2D eigenvalue weighted by Crippen LogP contribution is -2.25. The highest BCUT2D eigenvalue weighted by Gasteiger charge is 2.35. The Labute approximate surface area is 100.0 Å². The van der Waals surface area contributed by atoms with Gasteiger partial charge in [0.15, 0.2) is 0 Å². The maximum absolute atomic E-state index is 5.57. The van der Waals surface area contributed by atoms with Crippen molar-refractivity contribution in [1.82, 2.24) is 0 Å². The molecule has 1 unspecified atom stereocenters. The number of ether oxygens (including phenoxy) is 1. The van der Waals surface area contributed by atoms with E-state index in [0.717, 1.165) is 26.1 Å². The van der Waals surface area contributed by atoms with Crippen LogP contribution >= 0.6 is 15.9 Å². The van der Waals surface area contributed by atoms with Crippen LogP contribution < -0.4 is 0 Å². The first kappa shape index (κ1) is 11.2. The molecule has 0 N–H and O–H groups in total. The molecule has 0 aromatic heterocycles. The van der Waals surface area contributed by atoms with Crippen molar-refractivity contribution in [1.29, 1.82) is 0 Å². The molecule has 0 amide bonds. The van der Waals surface area contributed by atoms with Crippen LogP contribution in [0.5, 0.6) is 0 Å². The highest BCUT2D eigenvalue weighted by atomic mass is 79.9. The second kappa shape index (κ2) is 4.26. The summed E-state index contributed by atoms with van der Waals surface area (Å²) in [6.07, 6.45) is 2.31. The minimum absolute atomic E-state index is 0.258. The van der Waals surface area contributed by atoms with Gasteiger partial charge in [0.2, 0.25) is 0 Å². The standard InChI is InChI=1S/C13H17BrO/c1-3-13(4-5-15-9-13)11-6-10(2)7-12(14)8-11/h6-8H,3-5,9H2,1-2H3. The zero-order chi connectivity index (χ0) is 10.9. The topological polar surface area (TPSA) is 9.23 Å². The summed E-state index contributed by atoms with van der Waals surface area (Å²) < 4.78 is 6.75. The molecule has 82 valence electrons. The smallest absolute Gasteiger partial charge is 0.0563 e. The summed E-state index contributed by atoms with van der Waals surface area (Å²) in [5, 5.41) is 0. The van der Waals surface area contributed by atoms with E-state index in [1.807, 2.05) is 0 Å². The molecule has 0 spiro atoms. The van der Waals surface area contributed by atoms with Crippen LogP contribution in [0.4, 0.5) is 0 Å². The molecule has 0 radical (unpaired) electrons. The molecule has 0 aliphatic carbocycles. The number of benzene rings is 1. The second-order valence-electron chi connectivity index (χ2n) is 4.45. The zero-order valence-corrected chi connectivity index (χ0v) is 10.9. The number of aryl methyl sites for hydroxylation is 1. The number of halogens is 1. The van der Waals surface area contributed by atoms with Crippen LogP contribution in [0.25, 0.3) is 0 Å². The molecule has 15 heavy (non-hydrogen) atoms. The van der Waals surface area contributed by atoms with Crippen molar-refractivity contribution in [2.75, 3.05) is 13.2 Å². The van der Waals surface area contributed by atoms with Crippen molar-refractivity contribution in [2.45, 2.75) is 32.1 Å². The Morgan fingerprint density at radius 2 is 2.20 bits per heavy atom. The van der Waals surface area contributed by atoms with Crippen LogP contribution in [-0.2, 0) is 10.2 Å². The first-order chi connectivity index (χ1) is 7.16. The van der Waals surface area contributed by atoms with Crippen molar-refractivity contribution in [3.05, 3.63) is 33.8 Å². The van der Waals surface area contributed by atoms with Gasteiger partial charge in [-0.1, -0.05) is 28.9 Å². The van der Waals surface area contributed by atoms with E-state index < -0.39 is 0 Å². The van der Waals surface area contributed by atoms with E-state index in [-0.39, 0.29) is 5.41 Å². The van der Waals surface area contributed by atoms with E-state index in [1.54, 1.807) is 0 Å². The van der Waals surface area contributed by atoms with Gasteiger partial charge in [0.25, 0.3) is 0 Å². The van der Waals surface area contributed by atoms with Crippen molar-refractivity contribution >= 4 is 15.9 Å². The fraction of sp³-hybridized carbons (Fsp3) is 0.538. The average molecular weight is 269 g/mol. The van der Waals surface area contributed by atoms with Crippen LogP contribution in [-0.4, -0.2) is 13.2 Å². The third-order valence-corrected chi connectivity index (χ3v) is 3.89. The maximum atomic E-state index is 5.57. The van der Waals surface area contributed by atoms with E-state index in [2.05, 4.69) is 48.0 Å². The molecule has 1 nitrogen and oxygen atoms in total. The normalized spacial score (nSPS) is 25.8. The van der Waals surface area contributed by atoms with Gasteiger partial charge in [0.05, 0.1) is 6.61 Å². The summed E-state index contributed by atoms with van der Waals surface area (Å²) in [4.78, 5) is 0. The van der Waals surface area contributed by atoms with Gasteiger partial charge in [-0.25, -0.2) is 0 Å². The highest BCUT2D eigenvalue weighted by molar-refractivity contribution is 9.10. The molecular weight excluding hydrogens is 252 g/mol. The molecular formula is C13H17BrO. The summed E-state index contributed by atoms with van der Waals surface area (Å²) >= 11 is 3.57. The first-order valence-corrected chi connectivity index (χ1v) is 6.31. The lowest BCUT2D eigenvalue weighted by atomic mass is 9.77. The van der Waals surface area contributed by atoms with Crippen molar-refractivity contribution in [3.8, 4) is 0 Å². The Morgan fingerprint density at radius 3 is 2.73 bits per heavy atom. The Balaban J connectivity index is 2.42. The van der Waals surface area contributed by atoms with Gasteiger partial charge in [-0.3, -0.25) is 0 Å². The van der Waals surface area contributed by atoms with E-state index in [4.69, 9.17) is 4.74 Å². The lowest BCUT2D eigenvalue weighted by molar-refractivity contribution is 0.176. The van der Waals surface area contributed by atoms with Gasteiger partial charge in [0, 0.05) is 16.5 Å². The molecule has 0 saturated carbocycles.